The van der Waals surface area contributed by atoms with Gasteiger partial charge in [0, 0.05) is 11.8 Å². The summed E-state index contributed by atoms with van der Waals surface area (Å²) in [4.78, 5) is 0. The minimum Gasteiger partial charge on any atom is -0.0654 e. The van der Waals surface area contributed by atoms with Gasteiger partial charge in [-0.1, -0.05) is 150 Å². The molecule has 2 aliphatic carbocycles. The van der Waals surface area contributed by atoms with E-state index in [0.717, 1.165) is 12.8 Å². The van der Waals surface area contributed by atoms with Crippen LogP contribution in [0.5, 0.6) is 0 Å². The van der Waals surface area contributed by atoms with E-state index in [9.17, 15) is 0 Å². The molecule has 208 valence electrons. The van der Waals surface area contributed by atoms with Crippen LogP contribution in [-0.2, 0) is 0 Å². The monoisotopic (exact) mass is 536 g/mol. The summed E-state index contributed by atoms with van der Waals surface area (Å²) in [5.74, 6) is 0.602. The lowest BCUT2D eigenvalue weighted by Gasteiger charge is -2.42. The summed E-state index contributed by atoms with van der Waals surface area (Å²) < 4.78 is 0. The van der Waals surface area contributed by atoms with Gasteiger partial charge in [-0.05, 0) is 86.8 Å². The molecule has 0 heteroatoms. The van der Waals surface area contributed by atoms with Gasteiger partial charge >= 0.3 is 0 Å². The topological polar surface area (TPSA) is 0 Å². The van der Waals surface area contributed by atoms with Crippen molar-refractivity contribution < 1.29 is 0 Å². The van der Waals surface area contributed by atoms with Gasteiger partial charge in [0.2, 0.25) is 0 Å². The molecule has 0 fully saturated rings. The lowest BCUT2D eigenvalue weighted by molar-refractivity contribution is 0.304. The Labute approximate surface area is 247 Å². The van der Waals surface area contributed by atoms with Crippen molar-refractivity contribution >= 4 is 22.3 Å². The van der Waals surface area contributed by atoms with Crippen molar-refractivity contribution in [3.05, 3.63) is 143 Å². The van der Waals surface area contributed by atoms with Crippen molar-refractivity contribution in [1.82, 2.24) is 0 Å². The van der Waals surface area contributed by atoms with Crippen molar-refractivity contribution in [2.75, 3.05) is 0 Å². The third-order valence-corrected chi connectivity index (χ3v) is 9.64. The molecule has 0 aliphatic heterocycles. The molecule has 6 rings (SSSR count). The summed E-state index contributed by atoms with van der Waals surface area (Å²) in [7, 11) is 0. The predicted molar refractivity (Wildman–Crippen MR) is 178 cm³/mol. The highest BCUT2D eigenvalue weighted by Crippen LogP contribution is 2.65. The fourth-order valence-corrected chi connectivity index (χ4v) is 7.87. The normalized spacial score (nSPS) is 18.1. The molecule has 0 nitrogen and oxygen atoms in total. The lowest BCUT2D eigenvalue weighted by atomic mass is 9.61. The van der Waals surface area contributed by atoms with Crippen molar-refractivity contribution in [2.45, 2.75) is 78.1 Å². The number of fused-ring (bicyclic) bond motifs is 2. The first kappa shape index (κ1) is 27.5. The van der Waals surface area contributed by atoms with E-state index in [2.05, 4.69) is 137 Å². The second-order valence-electron chi connectivity index (χ2n) is 12.6. The number of unbranched alkanes of at least 4 members (excludes halogenated alkanes) is 2. The van der Waals surface area contributed by atoms with Gasteiger partial charge in [-0.2, -0.15) is 0 Å². The van der Waals surface area contributed by atoms with Gasteiger partial charge in [0.05, 0.1) is 0 Å². The fourth-order valence-electron chi connectivity index (χ4n) is 7.87. The first-order valence-corrected chi connectivity index (χ1v) is 15.8. The highest BCUT2D eigenvalue weighted by Gasteiger charge is 2.49. The van der Waals surface area contributed by atoms with E-state index in [-0.39, 0.29) is 5.41 Å². The van der Waals surface area contributed by atoms with E-state index < -0.39 is 0 Å². The summed E-state index contributed by atoms with van der Waals surface area (Å²) in [6.07, 6.45) is 7.12. The van der Waals surface area contributed by atoms with E-state index in [1.807, 2.05) is 0 Å². The van der Waals surface area contributed by atoms with Gasteiger partial charge in [0.25, 0.3) is 0 Å². The van der Waals surface area contributed by atoms with E-state index in [0.29, 0.717) is 11.8 Å². The molecule has 0 aromatic heterocycles. The molecular weight excluding hydrogens is 492 g/mol. The van der Waals surface area contributed by atoms with Crippen LogP contribution in [0.3, 0.4) is 0 Å². The molecule has 0 bridgehead atoms. The second-order valence-corrected chi connectivity index (χ2v) is 12.6. The Hall–Kier alpha value is -3.64. The molecule has 4 aromatic carbocycles. The van der Waals surface area contributed by atoms with Crippen molar-refractivity contribution in [2.24, 2.45) is 5.41 Å². The zero-order valence-corrected chi connectivity index (χ0v) is 25.3. The van der Waals surface area contributed by atoms with Crippen LogP contribution in [-0.4, -0.2) is 0 Å². The Kier molecular flexibility index (Phi) is 7.85. The third kappa shape index (κ3) is 4.82. The summed E-state index contributed by atoms with van der Waals surface area (Å²) in [5, 5.41) is 0. The Morgan fingerprint density at radius 2 is 0.854 bits per heavy atom. The Morgan fingerprint density at radius 1 is 0.488 bits per heavy atom. The number of rotatable bonds is 10. The maximum Gasteiger partial charge on any atom is 0.0164 e. The molecule has 0 saturated carbocycles. The number of benzene rings is 4. The highest BCUT2D eigenvalue weighted by atomic mass is 14.5. The van der Waals surface area contributed by atoms with Crippen LogP contribution in [0.15, 0.2) is 109 Å². The van der Waals surface area contributed by atoms with Crippen molar-refractivity contribution in [3.8, 4) is 0 Å². The summed E-state index contributed by atoms with van der Waals surface area (Å²) in [6, 6.07) is 41.2. The van der Waals surface area contributed by atoms with Gasteiger partial charge in [0.15, 0.2) is 0 Å². The van der Waals surface area contributed by atoms with Gasteiger partial charge in [0.1, 0.15) is 0 Å². The molecule has 4 aromatic rings. The Balaban J connectivity index is 1.61. The van der Waals surface area contributed by atoms with Crippen LogP contribution >= 0.6 is 0 Å². The molecule has 0 radical (unpaired) electrons. The van der Waals surface area contributed by atoms with Crippen LogP contribution in [0, 0.1) is 5.41 Å². The Bertz CT molecular complexity index is 1450. The summed E-state index contributed by atoms with van der Waals surface area (Å²) in [5.41, 5.74) is 14.9. The molecule has 2 aliphatic rings. The quantitative estimate of drug-likeness (QED) is 0.189. The zero-order chi connectivity index (χ0) is 28.4. The molecular formula is C41H44. The maximum atomic E-state index is 2.56. The van der Waals surface area contributed by atoms with Gasteiger partial charge < -0.3 is 0 Å². The van der Waals surface area contributed by atoms with E-state index in [4.69, 9.17) is 0 Å². The molecule has 0 heterocycles. The van der Waals surface area contributed by atoms with Gasteiger partial charge in [-0.15, -0.1) is 0 Å². The molecule has 0 saturated heterocycles. The minimum absolute atomic E-state index is 0.0650. The number of hydrogen-bond donors (Lipinski definition) is 0. The van der Waals surface area contributed by atoms with Crippen molar-refractivity contribution in [3.63, 3.8) is 0 Å². The zero-order valence-electron chi connectivity index (χ0n) is 25.3. The molecule has 2 unspecified atom stereocenters. The molecule has 0 spiro atoms. The minimum atomic E-state index is -0.0650. The number of hydrogen-bond acceptors (Lipinski definition) is 0. The standard InChI is InChI=1S/C41H44/c1-5-7-23-33-31-25-15-17-27-35(31)39(37(33)29-19-11-9-12-20-29)41(3,4)40-36-28-18-16-26-32(36)34(24-8-6-2)38(40)30-21-13-10-14-22-30/h9-22,25-28,39-40H,5-8,23-24H2,1-4H3. The first-order chi connectivity index (χ1) is 20.1. The van der Waals surface area contributed by atoms with Gasteiger partial charge in [-0.3, -0.25) is 0 Å². The van der Waals surface area contributed by atoms with Crippen molar-refractivity contribution in [1.29, 1.82) is 0 Å². The third-order valence-electron chi connectivity index (χ3n) is 9.64. The predicted octanol–water partition coefficient (Wildman–Crippen LogP) is 11.8. The lowest BCUT2D eigenvalue weighted by Crippen LogP contribution is -2.30. The summed E-state index contributed by atoms with van der Waals surface area (Å²) >= 11 is 0. The maximum absolute atomic E-state index is 2.56. The Morgan fingerprint density at radius 3 is 1.24 bits per heavy atom. The van der Waals surface area contributed by atoms with Crippen LogP contribution < -0.4 is 0 Å². The molecule has 2 atom stereocenters. The van der Waals surface area contributed by atoms with Crippen LogP contribution in [0.4, 0.5) is 0 Å². The van der Waals surface area contributed by atoms with Crippen LogP contribution in [0.2, 0.25) is 0 Å². The number of allylic oxidation sites excluding steroid dienone is 4. The van der Waals surface area contributed by atoms with Crippen LogP contribution in [0.25, 0.3) is 22.3 Å². The first-order valence-electron chi connectivity index (χ1n) is 15.8. The smallest absolute Gasteiger partial charge is 0.0164 e. The van der Waals surface area contributed by atoms with E-state index in [1.54, 1.807) is 22.3 Å². The average Bonchev–Trinajstić information content (AvgIpc) is 3.54. The molecule has 0 amide bonds. The highest BCUT2D eigenvalue weighted by molar-refractivity contribution is 6.03. The molecule has 0 N–H and O–H groups in total. The summed E-state index contributed by atoms with van der Waals surface area (Å²) in [6.45, 7) is 9.76. The average molecular weight is 537 g/mol. The SMILES string of the molecule is CCCCC1=C(c2ccccc2)C(C(C)(C)C2C(c3ccccc3)=C(CCCC)c3ccccc32)c2ccccc21. The van der Waals surface area contributed by atoms with Crippen LogP contribution in [0.1, 0.15) is 111 Å². The van der Waals surface area contributed by atoms with E-state index in [1.165, 1.54) is 59.1 Å². The van der Waals surface area contributed by atoms with Gasteiger partial charge in [-0.25, -0.2) is 0 Å². The fraction of sp³-hybridized carbons (Fsp3) is 0.317. The van der Waals surface area contributed by atoms with E-state index >= 15 is 0 Å². The molecule has 41 heavy (non-hydrogen) atoms. The largest absolute Gasteiger partial charge is 0.0654 e. The second kappa shape index (κ2) is 11.7.